The first-order chi connectivity index (χ1) is 14.2. The second kappa shape index (κ2) is 7.63. The second-order valence-corrected chi connectivity index (χ2v) is 9.44. The zero-order chi connectivity index (χ0) is 21.5. The van der Waals surface area contributed by atoms with Crippen LogP contribution in [-0.2, 0) is 10.3 Å². The van der Waals surface area contributed by atoms with Gasteiger partial charge in [0.1, 0.15) is 17.7 Å². The van der Waals surface area contributed by atoms with Gasteiger partial charge in [0.05, 0.1) is 13.2 Å². The van der Waals surface area contributed by atoms with Crippen molar-refractivity contribution >= 4 is 23.0 Å². The number of carboxylic acid groups (broad SMARTS) is 1. The van der Waals surface area contributed by atoms with Crippen molar-refractivity contribution in [1.82, 2.24) is 14.9 Å². The second-order valence-electron chi connectivity index (χ2n) is 8.45. The monoisotopic (exact) mass is 430 g/mol. The van der Waals surface area contributed by atoms with Crippen LogP contribution in [0.5, 0.6) is 0 Å². The highest BCUT2D eigenvalue weighted by molar-refractivity contribution is 8.13. The molecule has 158 valence electrons. The van der Waals surface area contributed by atoms with Gasteiger partial charge in [0.2, 0.25) is 0 Å². The first-order valence-corrected chi connectivity index (χ1v) is 10.6. The predicted molar refractivity (Wildman–Crippen MR) is 113 cm³/mol. The Kier molecular flexibility index (Phi) is 5.27. The van der Waals surface area contributed by atoms with Crippen LogP contribution in [0.25, 0.3) is 11.1 Å². The maximum atomic E-state index is 14.6. The molecule has 2 aliphatic heterocycles. The SMILES string of the molecule is CC(C)(C)N(C(=O)O)C1=NC2(c3ccc(F)c(-c4cncnc4)c3)COCC2CS1. The van der Waals surface area contributed by atoms with Crippen LogP contribution in [0.1, 0.15) is 26.3 Å². The summed E-state index contributed by atoms with van der Waals surface area (Å²) in [6.07, 6.45) is 3.47. The Morgan fingerprint density at radius 2 is 2.07 bits per heavy atom. The number of carbonyl (C=O) groups is 1. The van der Waals surface area contributed by atoms with E-state index in [9.17, 15) is 14.3 Å². The highest BCUT2D eigenvalue weighted by Gasteiger charge is 2.50. The quantitative estimate of drug-likeness (QED) is 0.775. The number of amides is 1. The summed E-state index contributed by atoms with van der Waals surface area (Å²) in [5.74, 6) is 0.351. The lowest BCUT2D eigenvalue weighted by molar-refractivity contribution is 0.140. The third-order valence-corrected chi connectivity index (χ3v) is 6.52. The average Bonchev–Trinajstić information content (AvgIpc) is 3.12. The molecule has 1 aromatic heterocycles. The molecule has 2 unspecified atom stereocenters. The standard InChI is InChI=1S/C21H23FN4O3S/c1-20(2,3)26(19(27)28)18-25-21(11-29-9-15(21)10-30-18)14-4-5-17(22)16(6-14)13-7-23-12-24-8-13/h4-8,12,15H,9-11H2,1-3H3,(H,27,28). The summed E-state index contributed by atoms with van der Waals surface area (Å²) in [6.45, 7) is 6.34. The van der Waals surface area contributed by atoms with Crippen LogP contribution in [0.4, 0.5) is 9.18 Å². The number of thioether (sulfide) groups is 1. The number of hydrogen-bond donors (Lipinski definition) is 1. The van der Waals surface area contributed by atoms with Gasteiger partial charge in [-0.25, -0.2) is 24.1 Å². The van der Waals surface area contributed by atoms with Gasteiger partial charge in [0.25, 0.3) is 0 Å². The molecule has 1 saturated heterocycles. The van der Waals surface area contributed by atoms with Gasteiger partial charge in [0.15, 0.2) is 5.17 Å². The highest BCUT2D eigenvalue weighted by Crippen LogP contribution is 2.46. The topological polar surface area (TPSA) is 87.9 Å². The van der Waals surface area contributed by atoms with Crippen LogP contribution in [0.3, 0.4) is 0 Å². The lowest BCUT2D eigenvalue weighted by atomic mass is 9.81. The minimum absolute atomic E-state index is 0.0622. The number of ether oxygens (including phenoxy) is 1. The summed E-state index contributed by atoms with van der Waals surface area (Å²) in [6, 6.07) is 4.89. The number of nitrogens with zero attached hydrogens (tertiary/aromatic N) is 4. The lowest BCUT2D eigenvalue weighted by Gasteiger charge is -2.40. The van der Waals surface area contributed by atoms with E-state index < -0.39 is 17.2 Å². The lowest BCUT2D eigenvalue weighted by Crippen LogP contribution is -2.51. The van der Waals surface area contributed by atoms with E-state index in [2.05, 4.69) is 9.97 Å². The normalized spacial score (nSPS) is 23.6. The number of aliphatic imine (C=N–C) groups is 1. The summed E-state index contributed by atoms with van der Waals surface area (Å²) in [5.41, 5.74) is 0.328. The number of benzene rings is 1. The smallest absolute Gasteiger partial charge is 0.413 e. The number of halogens is 1. The molecule has 0 aliphatic carbocycles. The Labute approximate surface area is 178 Å². The van der Waals surface area contributed by atoms with Crippen LogP contribution >= 0.6 is 11.8 Å². The fourth-order valence-electron chi connectivity index (χ4n) is 3.91. The van der Waals surface area contributed by atoms with Crippen molar-refractivity contribution in [2.45, 2.75) is 31.8 Å². The number of amidine groups is 1. The number of hydrogen-bond acceptors (Lipinski definition) is 6. The summed E-state index contributed by atoms with van der Waals surface area (Å²) < 4.78 is 20.4. The van der Waals surface area contributed by atoms with Crippen LogP contribution in [0.15, 0.2) is 41.9 Å². The van der Waals surface area contributed by atoms with E-state index in [1.165, 1.54) is 29.1 Å². The van der Waals surface area contributed by atoms with E-state index in [1.807, 2.05) is 20.8 Å². The molecule has 2 atom stereocenters. The van der Waals surface area contributed by atoms with E-state index >= 15 is 0 Å². The van der Waals surface area contributed by atoms with E-state index in [4.69, 9.17) is 9.73 Å². The molecule has 30 heavy (non-hydrogen) atoms. The summed E-state index contributed by atoms with van der Waals surface area (Å²) in [4.78, 5) is 26.2. The first kappa shape index (κ1) is 20.7. The Bertz CT molecular complexity index is 995. The molecule has 9 heteroatoms. The molecule has 7 nitrogen and oxygen atoms in total. The molecule has 4 rings (SSSR count). The van der Waals surface area contributed by atoms with Gasteiger partial charge < -0.3 is 9.84 Å². The van der Waals surface area contributed by atoms with Crippen LogP contribution < -0.4 is 0 Å². The Morgan fingerprint density at radius 1 is 1.33 bits per heavy atom. The molecular formula is C21H23FN4O3S. The van der Waals surface area contributed by atoms with Crippen molar-refractivity contribution in [3.05, 3.63) is 48.3 Å². The van der Waals surface area contributed by atoms with Gasteiger partial charge in [-0.15, -0.1) is 0 Å². The molecule has 0 saturated carbocycles. The Hall–Kier alpha value is -2.52. The molecule has 1 aromatic carbocycles. The van der Waals surface area contributed by atoms with Gasteiger partial charge in [0, 0.05) is 40.7 Å². The predicted octanol–water partition coefficient (Wildman–Crippen LogP) is 4.01. The van der Waals surface area contributed by atoms with Crippen LogP contribution in [0.2, 0.25) is 0 Å². The molecule has 1 fully saturated rings. The van der Waals surface area contributed by atoms with Gasteiger partial charge in [-0.3, -0.25) is 4.90 Å². The van der Waals surface area contributed by atoms with Gasteiger partial charge in [-0.05, 0) is 38.5 Å². The summed E-state index contributed by atoms with van der Waals surface area (Å²) >= 11 is 1.42. The van der Waals surface area contributed by atoms with E-state index in [1.54, 1.807) is 24.5 Å². The van der Waals surface area contributed by atoms with Crippen molar-refractivity contribution in [2.24, 2.45) is 10.9 Å². The van der Waals surface area contributed by atoms with Crippen molar-refractivity contribution < 1.29 is 19.0 Å². The molecule has 1 amide bonds. The van der Waals surface area contributed by atoms with E-state index in [0.717, 1.165) is 5.56 Å². The van der Waals surface area contributed by atoms with E-state index in [0.29, 0.717) is 35.3 Å². The minimum Gasteiger partial charge on any atom is -0.465 e. The maximum absolute atomic E-state index is 14.6. The van der Waals surface area contributed by atoms with Crippen molar-refractivity contribution in [3.8, 4) is 11.1 Å². The third kappa shape index (κ3) is 3.56. The largest absolute Gasteiger partial charge is 0.465 e. The maximum Gasteiger partial charge on any atom is 0.413 e. The Morgan fingerprint density at radius 3 is 2.73 bits per heavy atom. The van der Waals surface area contributed by atoms with Gasteiger partial charge in [-0.1, -0.05) is 17.8 Å². The molecule has 3 heterocycles. The highest BCUT2D eigenvalue weighted by atomic mass is 32.2. The molecule has 2 aliphatic rings. The zero-order valence-electron chi connectivity index (χ0n) is 17.0. The minimum atomic E-state index is -1.05. The molecular weight excluding hydrogens is 407 g/mol. The summed E-state index contributed by atoms with van der Waals surface area (Å²) in [7, 11) is 0. The molecule has 1 N–H and O–H groups in total. The molecule has 0 spiro atoms. The van der Waals surface area contributed by atoms with Crippen LogP contribution in [0, 0.1) is 11.7 Å². The Balaban J connectivity index is 1.84. The van der Waals surface area contributed by atoms with Crippen molar-refractivity contribution in [3.63, 3.8) is 0 Å². The van der Waals surface area contributed by atoms with Gasteiger partial charge >= 0.3 is 6.09 Å². The fraction of sp³-hybridized carbons (Fsp3) is 0.429. The van der Waals surface area contributed by atoms with Crippen LogP contribution in [-0.4, -0.2) is 55.7 Å². The molecule has 2 aromatic rings. The zero-order valence-corrected chi connectivity index (χ0v) is 17.8. The number of aromatic nitrogens is 2. The number of rotatable bonds is 2. The first-order valence-electron chi connectivity index (χ1n) is 9.61. The summed E-state index contributed by atoms with van der Waals surface area (Å²) in [5, 5.41) is 10.3. The van der Waals surface area contributed by atoms with Gasteiger partial charge in [-0.2, -0.15) is 0 Å². The fourth-order valence-corrected chi connectivity index (χ4v) is 5.34. The van der Waals surface area contributed by atoms with Crippen molar-refractivity contribution in [2.75, 3.05) is 19.0 Å². The number of fused-ring (bicyclic) bond motifs is 1. The van der Waals surface area contributed by atoms with E-state index in [-0.39, 0.29) is 11.7 Å². The third-order valence-electron chi connectivity index (χ3n) is 5.42. The molecule has 0 bridgehead atoms. The average molecular weight is 431 g/mol. The van der Waals surface area contributed by atoms with Crippen molar-refractivity contribution in [1.29, 1.82) is 0 Å². The molecule has 0 radical (unpaired) electrons.